The first-order valence-corrected chi connectivity index (χ1v) is 4.62. The highest BCUT2D eigenvalue weighted by Crippen LogP contribution is 2.28. The van der Waals surface area contributed by atoms with Crippen molar-refractivity contribution in [2.75, 3.05) is 0 Å². The minimum absolute atomic E-state index is 0. The molecule has 0 spiro atoms. The number of hydrogen-bond acceptors (Lipinski definition) is 2. The zero-order valence-corrected chi connectivity index (χ0v) is 8.34. The van der Waals surface area contributed by atoms with Gasteiger partial charge in [0.1, 0.15) is 0 Å². The van der Waals surface area contributed by atoms with Crippen molar-refractivity contribution in [2.24, 2.45) is 0 Å². The van der Waals surface area contributed by atoms with Crippen LogP contribution >= 0.6 is 0 Å². The molecule has 2 aliphatic rings. The lowest BCUT2D eigenvalue weighted by Crippen LogP contribution is -2.19. The van der Waals surface area contributed by atoms with Gasteiger partial charge in [-0.1, -0.05) is 6.08 Å². The molecule has 0 radical (unpaired) electrons. The largest absolute Gasteiger partial charge is 0.763 e. The zero-order chi connectivity index (χ0) is 7.68. The van der Waals surface area contributed by atoms with Crippen LogP contribution in [0.25, 0.3) is 0 Å². The molecule has 0 aromatic rings. The molecule has 5 N–H and O–H groups in total. The van der Waals surface area contributed by atoms with Gasteiger partial charge in [-0.25, -0.2) is 0 Å². The molecule has 0 bridgehead atoms. The third-order valence-corrected chi connectivity index (χ3v) is 2.66. The molecule has 0 atom stereocenters. The molecular formula is C9H16N2S. The van der Waals surface area contributed by atoms with E-state index in [1.165, 1.54) is 31.4 Å². The van der Waals surface area contributed by atoms with E-state index in [1.54, 1.807) is 5.57 Å². The van der Waals surface area contributed by atoms with Crippen LogP contribution in [-0.2, 0) is 12.6 Å². The van der Waals surface area contributed by atoms with Crippen LogP contribution in [0.1, 0.15) is 32.1 Å². The second-order valence-electron chi connectivity index (χ2n) is 3.19. The van der Waals surface area contributed by atoms with Crippen LogP contribution in [0.5, 0.6) is 0 Å². The highest BCUT2D eigenvalue weighted by Gasteiger charge is 2.12. The molecule has 0 aromatic carbocycles. The zero-order valence-electron chi connectivity index (χ0n) is 7.52. The number of dihydropyridines is 1. The normalized spacial score (nSPS) is 21.8. The van der Waals surface area contributed by atoms with Crippen molar-refractivity contribution in [2.45, 2.75) is 32.1 Å². The molecule has 1 heterocycles. The number of rotatable bonds is 0. The summed E-state index contributed by atoms with van der Waals surface area (Å²) in [4.78, 5) is 0. The van der Waals surface area contributed by atoms with Crippen LogP contribution in [0, 0.1) is 0 Å². The third kappa shape index (κ3) is 1.79. The maximum atomic E-state index is 5.07. The first-order valence-electron chi connectivity index (χ1n) is 4.21. The number of quaternary nitrogens is 1. The van der Waals surface area contributed by atoms with Gasteiger partial charge in [0, 0.05) is 5.70 Å². The molecule has 2 rings (SSSR count). The Balaban J connectivity index is 0.000000720. The van der Waals surface area contributed by atoms with E-state index >= 15 is 0 Å². The van der Waals surface area contributed by atoms with Crippen LogP contribution in [0.3, 0.4) is 0 Å². The quantitative estimate of drug-likeness (QED) is 0.568. The van der Waals surface area contributed by atoms with Gasteiger partial charge in [-0.05, 0) is 37.7 Å². The summed E-state index contributed by atoms with van der Waals surface area (Å²) in [7, 11) is 0. The van der Waals surface area contributed by atoms with Gasteiger partial charge in [0.2, 0.25) is 0 Å². The second kappa shape index (κ2) is 3.92. The highest BCUT2D eigenvalue weighted by molar-refractivity contribution is 7.63. The molecule has 0 saturated heterocycles. The van der Waals surface area contributed by atoms with Gasteiger partial charge in [0.25, 0.3) is 0 Å². The van der Waals surface area contributed by atoms with Gasteiger partial charge in [-0.2, -0.15) is 0 Å². The monoisotopic (exact) mass is 184 g/mol. The van der Waals surface area contributed by atoms with Crippen molar-refractivity contribution in [1.82, 2.24) is 11.5 Å². The molecule has 0 aromatic heterocycles. The van der Waals surface area contributed by atoms with E-state index in [0.29, 0.717) is 0 Å². The number of allylic oxidation sites excluding steroid dienone is 3. The van der Waals surface area contributed by atoms with E-state index in [9.17, 15) is 0 Å². The Bertz CT molecular complexity index is 231. The third-order valence-electron chi connectivity index (χ3n) is 2.39. The van der Waals surface area contributed by atoms with Gasteiger partial charge in [-0.3, -0.25) is 0 Å². The smallest absolute Gasteiger partial charge is 0.0128 e. The van der Waals surface area contributed by atoms with E-state index in [1.807, 2.05) is 0 Å². The lowest BCUT2D eigenvalue weighted by Gasteiger charge is -2.29. The van der Waals surface area contributed by atoms with Gasteiger partial charge in [0.15, 0.2) is 0 Å². The average Bonchev–Trinajstić information content (AvgIpc) is 2.04. The molecule has 0 amide bonds. The fourth-order valence-electron chi connectivity index (χ4n) is 1.76. The molecule has 2 nitrogen and oxygen atoms in total. The lowest BCUT2D eigenvalue weighted by atomic mass is 9.93. The van der Waals surface area contributed by atoms with Crippen molar-refractivity contribution >= 4 is 12.6 Å². The fraction of sp³-hybridized carbons (Fsp3) is 0.556. The summed E-state index contributed by atoms with van der Waals surface area (Å²) in [5.41, 5.74) is 3.01. The molecule has 68 valence electrons. The predicted octanol–water partition coefficient (Wildman–Crippen LogP) is 2.57. The maximum absolute atomic E-state index is 5.07. The number of hydrogen-bond donors (Lipinski definition) is 2. The maximum Gasteiger partial charge on any atom is 0.0128 e. The van der Waals surface area contributed by atoms with Crippen molar-refractivity contribution in [1.29, 1.82) is 0 Å². The highest BCUT2D eigenvalue weighted by atomic mass is 32.1. The Kier molecular flexibility index (Phi) is 3.12. The van der Waals surface area contributed by atoms with Crippen LogP contribution in [0.2, 0.25) is 0 Å². The fourth-order valence-corrected chi connectivity index (χ4v) is 1.97. The molecule has 0 saturated carbocycles. The Morgan fingerprint density at radius 3 is 2.83 bits per heavy atom. The second-order valence-corrected chi connectivity index (χ2v) is 3.63. The summed E-state index contributed by atoms with van der Waals surface area (Å²) in [5, 5.41) is 4.20. The van der Waals surface area contributed by atoms with E-state index in [4.69, 9.17) is 12.6 Å². The molecule has 12 heavy (non-hydrogen) atoms. The summed E-state index contributed by atoms with van der Waals surface area (Å²) in [6, 6.07) is 0. The van der Waals surface area contributed by atoms with E-state index in [0.717, 1.165) is 11.4 Å². The van der Waals surface area contributed by atoms with Gasteiger partial charge in [0.05, 0.1) is 0 Å². The van der Waals surface area contributed by atoms with Crippen molar-refractivity contribution in [3.63, 3.8) is 0 Å². The molecule has 0 fully saturated rings. The lowest BCUT2D eigenvalue weighted by molar-refractivity contribution is 0.626. The molecule has 1 aliphatic heterocycles. The Morgan fingerprint density at radius 1 is 1.25 bits per heavy atom. The minimum atomic E-state index is 0. The number of nitrogens with one attached hydrogen (secondary N) is 1. The Morgan fingerprint density at radius 2 is 2.00 bits per heavy atom. The molecule has 3 heteroatoms. The van der Waals surface area contributed by atoms with Gasteiger partial charge in [-0.15, -0.1) is 5.03 Å². The topological polar surface area (TPSA) is 48.5 Å². The molecule has 1 aliphatic carbocycles. The first kappa shape index (κ1) is 9.55. The van der Waals surface area contributed by atoms with Crippen molar-refractivity contribution in [3.8, 4) is 0 Å². The van der Waals surface area contributed by atoms with Gasteiger partial charge >= 0.3 is 0 Å². The van der Waals surface area contributed by atoms with Gasteiger partial charge < -0.3 is 24.1 Å². The minimum Gasteiger partial charge on any atom is -0.763 e. The Labute approximate surface area is 79.1 Å². The molecular weight excluding hydrogens is 168 g/mol. The molecule has 0 unspecified atom stereocenters. The van der Waals surface area contributed by atoms with E-state index < -0.39 is 0 Å². The predicted molar refractivity (Wildman–Crippen MR) is 54.7 cm³/mol. The van der Waals surface area contributed by atoms with Crippen LogP contribution in [0.15, 0.2) is 22.4 Å². The van der Waals surface area contributed by atoms with E-state index in [2.05, 4.69) is 11.4 Å². The average molecular weight is 184 g/mol. The standard InChI is InChI=1S/C9H13NS.H3N/c11-9-6-5-7-3-1-2-4-8(7)10-9;/h6,10-11H,1-5H2;1H3. The Hall–Kier alpha value is -0.540. The first-order chi connectivity index (χ1) is 5.36. The van der Waals surface area contributed by atoms with Crippen LogP contribution in [-0.4, -0.2) is 0 Å². The van der Waals surface area contributed by atoms with E-state index in [-0.39, 0.29) is 6.15 Å². The van der Waals surface area contributed by atoms with Crippen molar-refractivity contribution < 1.29 is 0 Å². The summed E-state index contributed by atoms with van der Waals surface area (Å²) in [6.45, 7) is 0. The summed E-state index contributed by atoms with van der Waals surface area (Å²) in [6.07, 6.45) is 8.39. The summed E-state index contributed by atoms with van der Waals surface area (Å²) < 4.78 is 0. The SMILES string of the molecule is [NH4+].[S-]C1=CCC2=C(CCCC2)N1. The van der Waals surface area contributed by atoms with Crippen molar-refractivity contribution in [3.05, 3.63) is 22.4 Å². The summed E-state index contributed by atoms with van der Waals surface area (Å²) in [5.74, 6) is 0. The van der Waals surface area contributed by atoms with Crippen LogP contribution < -0.4 is 11.5 Å². The van der Waals surface area contributed by atoms with Crippen LogP contribution in [0.4, 0.5) is 0 Å². The summed E-state index contributed by atoms with van der Waals surface area (Å²) >= 11 is 5.07.